The van der Waals surface area contributed by atoms with Crippen molar-refractivity contribution in [1.82, 2.24) is 10.2 Å². The van der Waals surface area contributed by atoms with E-state index in [1.165, 1.54) is 12.1 Å². The summed E-state index contributed by atoms with van der Waals surface area (Å²) >= 11 is 0. The van der Waals surface area contributed by atoms with Crippen molar-refractivity contribution < 1.29 is 14.3 Å². The van der Waals surface area contributed by atoms with Crippen LogP contribution in [0.25, 0.3) is 0 Å². The van der Waals surface area contributed by atoms with Crippen LogP contribution < -0.4 is 5.32 Å². The molecule has 0 aromatic heterocycles. The van der Waals surface area contributed by atoms with Crippen molar-refractivity contribution in [3.63, 3.8) is 0 Å². The molecule has 1 aromatic carbocycles. The van der Waals surface area contributed by atoms with Gasteiger partial charge in [-0.1, -0.05) is 32.9 Å². The zero-order valence-corrected chi connectivity index (χ0v) is 14.9. The number of urea groups is 1. The van der Waals surface area contributed by atoms with Gasteiger partial charge in [-0.05, 0) is 48.3 Å². The molecule has 2 rings (SSSR count). The van der Waals surface area contributed by atoms with Crippen molar-refractivity contribution in [3.05, 3.63) is 35.6 Å². The highest BCUT2D eigenvalue weighted by Crippen LogP contribution is 2.35. The Balaban J connectivity index is 1.92. The highest BCUT2D eigenvalue weighted by atomic mass is 19.1. The maximum absolute atomic E-state index is 13.5. The van der Waals surface area contributed by atoms with Gasteiger partial charge in [0.2, 0.25) is 0 Å². The van der Waals surface area contributed by atoms with E-state index in [0.717, 1.165) is 24.8 Å². The fourth-order valence-corrected chi connectivity index (χ4v) is 3.24. The first kappa shape index (κ1) is 18.7. The summed E-state index contributed by atoms with van der Waals surface area (Å²) in [6, 6.07) is 6.37. The number of hydrogen-bond acceptors (Lipinski definition) is 2. The smallest absolute Gasteiger partial charge is 0.317 e. The first-order valence-corrected chi connectivity index (χ1v) is 8.73. The number of carbonyl (C=O) groups excluding carboxylic acids is 1. The molecule has 1 aliphatic heterocycles. The van der Waals surface area contributed by atoms with Crippen LogP contribution in [-0.4, -0.2) is 35.7 Å². The molecule has 2 unspecified atom stereocenters. The summed E-state index contributed by atoms with van der Waals surface area (Å²) in [5, 5.41) is 12.2. The molecule has 24 heavy (non-hydrogen) atoms. The number of nitrogens with zero attached hydrogens (tertiary/aromatic N) is 1. The molecule has 5 heteroatoms. The molecule has 1 aliphatic rings. The molecule has 0 radical (unpaired) electrons. The lowest BCUT2D eigenvalue weighted by Crippen LogP contribution is -2.40. The Kier molecular flexibility index (Phi) is 6.21. The van der Waals surface area contributed by atoms with Gasteiger partial charge >= 0.3 is 6.03 Å². The van der Waals surface area contributed by atoms with Crippen molar-refractivity contribution in [2.45, 2.75) is 46.1 Å². The summed E-state index contributed by atoms with van der Waals surface area (Å²) in [5.74, 6) is 0.135. The average Bonchev–Trinajstić information content (AvgIpc) is 2.93. The summed E-state index contributed by atoms with van der Waals surface area (Å²) in [7, 11) is 0. The molecule has 2 N–H and O–H groups in total. The molecule has 0 spiro atoms. The fraction of sp³-hybridized carbons (Fsp3) is 0.632. The molecule has 1 aromatic rings. The molecule has 0 saturated carbocycles. The van der Waals surface area contributed by atoms with Crippen LogP contribution in [0, 0.1) is 17.2 Å². The minimum atomic E-state index is -0.265. The number of aliphatic hydroxyl groups is 1. The molecule has 2 atom stereocenters. The van der Waals surface area contributed by atoms with Crippen LogP contribution in [0.3, 0.4) is 0 Å². The van der Waals surface area contributed by atoms with E-state index in [1.807, 2.05) is 24.8 Å². The van der Waals surface area contributed by atoms with Gasteiger partial charge in [0.1, 0.15) is 5.82 Å². The maximum atomic E-state index is 13.5. The van der Waals surface area contributed by atoms with E-state index in [9.17, 15) is 14.3 Å². The summed E-state index contributed by atoms with van der Waals surface area (Å²) in [6.07, 6.45) is 2.54. The first-order chi connectivity index (χ1) is 11.3. The van der Waals surface area contributed by atoms with Gasteiger partial charge in [-0.3, -0.25) is 0 Å². The number of nitrogens with one attached hydrogen (secondary N) is 1. The SMILES string of the molecule is CC1CC(c2cccc(F)c2)N(C(=O)NCCCC(C)(C)CO)C1. The van der Waals surface area contributed by atoms with Crippen LogP contribution in [0.15, 0.2) is 24.3 Å². The predicted molar refractivity (Wildman–Crippen MR) is 93.1 cm³/mol. The fourth-order valence-electron chi connectivity index (χ4n) is 3.24. The van der Waals surface area contributed by atoms with Crippen LogP contribution in [0.5, 0.6) is 0 Å². The second-order valence-corrected chi connectivity index (χ2v) is 7.72. The minimum absolute atomic E-state index is 0.0652. The third-order valence-electron chi connectivity index (χ3n) is 4.74. The highest BCUT2D eigenvalue weighted by Gasteiger charge is 2.34. The van der Waals surface area contributed by atoms with E-state index in [0.29, 0.717) is 19.0 Å². The van der Waals surface area contributed by atoms with E-state index >= 15 is 0 Å². The number of likely N-dealkylation sites (tertiary alicyclic amines) is 1. The predicted octanol–water partition coefficient (Wildman–Crippen LogP) is 3.72. The minimum Gasteiger partial charge on any atom is -0.396 e. The Hall–Kier alpha value is -1.62. The molecule has 134 valence electrons. The monoisotopic (exact) mass is 336 g/mol. The number of benzene rings is 1. The molecule has 0 aliphatic carbocycles. The van der Waals surface area contributed by atoms with E-state index in [1.54, 1.807) is 6.07 Å². The van der Waals surface area contributed by atoms with Crippen molar-refractivity contribution in [2.75, 3.05) is 19.7 Å². The number of hydrogen-bond donors (Lipinski definition) is 2. The van der Waals surface area contributed by atoms with E-state index in [-0.39, 0.29) is 29.9 Å². The van der Waals surface area contributed by atoms with Gasteiger partial charge in [0.25, 0.3) is 0 Å². The summed E-state index contributed by atoms with van der Waals surface area (Å²) in [5.41, 5.74) is 0.743. The number of rotatable bonds is 6. The summed E-state index contributed by atoms with van der Waals surface area (Å²) < 4.78 is 13.5. The second kappa shape index (κ2) is 7.97. The highest BCUT2D eigenvalue weighted by molar-refractivity contribution is 5.75. The summed E-state index contributed by atoms with van der Waals surface area (Å²) in [6.45, 7) is 7.56. The number of amides is 2. The Labute approximate surface area is 144 Å². The van der Waals surface area contributed by atoms with Gasteiger partial charge in [0.05, 0.1) is 6.04 Å². The van der Waals surface area contributed by atoms with E-state index in [4.69, 9.17) is 0 Å². The topological polar surface area (TPSA) is 52.6 Å². The van der Waals surface area contributed by atoms with Crippen LogP contribution >= 0.6 is 0 Å². The first-order valence-electron chi connectivity index (χ1n) is 8.73. The quantitative estimate of drug-likeness (QED) is 0.778. The van der Waals surface area contributed by atoms with Crippen LogP contribution in [0.1, 0.15) is 51.6 Å². The van der Waals surface area contributed by atoms with Gasteiger partial charge in [0.15, 0.2) is 0 Å². The molecule has 1 fully saturated rings. The Morgan fingerprint density at radius 2 is 2.21 bits per heavy atom. The van der Waals surface area contributed by atoms with E-state index < -0.39 is 0 Å². The Morgan fingerprint density at radius 1 is 1.46 bits per heavy atom. The molecule has 4 nitrogen and oxygen atoms in total. The molecule has 1 heterocycles. The zero-order chi connectivity index (χ0) is 17.7. The standard InChI is InChI=1S/C19H29FN2O2/c1-14-10-17(15-6-4-7-16(20)11-15)22(12-14)18(24)21-9-5-8-19(2,3)13-23/h4,6-7,11,14,17,23H,5,8-10,12-13H2,1-3H3,(H,21,24). The van der Waals surface area contributed by atoms with E-state index in [2.05, 4.69) is 12.2 Å². The lowest BCUT2D eigenvalue weighted by molar-refractivity contribution is 0.147. The number of aliphatic hydroxyl groups excluding tert-OH is 1. The van der Waals surface area contributed by atoms with Gasteiger partial charge < -0.3 is 15.3 Å². The Bertz CT molecular complexity index is 562. The van der Waals surface area contributed by atoms with Crippen molar-refractivity contribution >= 4 is 6.03 Å². The molecule has 0 bridgehead atoms. The number of carbonyl (C=O) groups is 1. The van der Waals surface area contributed by atoms with Crippen LogP contribution in [0.2, 0.25) is 0 Å². The van der Waals surface area contributed by atoms with Gasteiger partial charge in [-0.25, -0.2) is 9.18 Å². The molecular weight excluding hydrogens is 307 g/mol. The molecule has 2 amide bonds. The van der Waals surface area contributed by atoms with Crippen molar-refractivity contribution in [3.8, 4) is 0 Å². The molecule has 1 saturated heterocycles. The van der Waals surface area contributed by atoms with Crippen LogP contribution in [0.4, 0.5) is 9.18 Å². The van der Waals surface area contributed by atoms with Crippen molar-refractivity contribution in [1.29, 1.82) is 0 Å². The largest absolute Gasteiger partial charge is 0.396 e. The number of halogens is 1. The third kappa shape index (κ3) is 4.94. The lowest BCUT2D eigenvalue weighted by atomic mass is 9.89. The van der Waals surface area contributed by atoms with Gasteiger partial charge in [-0.2, -0.15) is 0 Å². The van der Waals surface area contributed by atoms with Gasteiger partial charge in [-0.15, -0.1) is 0 Å². The average molecular weight is 336 g/mol. The maximum Gasteiger partial charge on any atom is 0.317 e. The lowest BCUT2D eigenvalue weighted by Gasteiger charge is -2.26. The zero-order valence-electron chi connectivity index (χ0n) is 14.9. The third-order valence-corrected chi connectivity index (χ3v) is 4.74. The normalized spacial score (nSPS) is 21.1. The van der Waals surface area contributed by atoms with Crippen molar-refractivity contribution in [2.24, 2.45) is 11.3 Å². The summed E-state index contributed by atoms with van der Waals surface area (Å²) in [4.78, 5) is 14.3. The van der Waals surface area contributed by atoms with Gasteiger partial charge in [0, 0.05) is 19.7 Å². The molecular formula is C19H29FN2O2. The Morgan fingerprint density at radius 3 is 2.88 bits per heavy atom. The van der Waals surface area contributed by atoms with Crippen LogP contribution in [-0.2, 0) is 0 Å². The second-order valence-electron chi connectivity index (χ2n) is 7.72.